The number of hydrogen-bond acceptors (Lipinski definition) is 5. The summed E-state index contributed by atoms with van der Waals surface area (Å²) in [4.78, 5) is 31.1. The van der Waals surface area contributed by atoms with Gasteiger partial charge in [0.25, 0.3) is 5.56 Å². The van der Waals surface area contributed by atoms with Gasteiger partial charge in [0.1, 0.15) is 0 Å². The summed E-state index contributed by atoms with van der Waals surface area (Å²) >= 11 is 2.90. The molecule has 1 atom stereocenters. The van der Waals surface area contributed by atoms with Crippen LogP contribution in [-0.4, -0.2) is 26.3 Å². The molecule has 0 amide bonds. The normalized spacial score (nSPS) is 15.5. The Kier molecular flexibility index (Phi) is 5.18. The highest BCUT2D eigenvalue weighted by Gasteiger charge is 2.27. The van der Waals surface area contributed by atoms with Gasteiger partial charge in [0.15, 0.2) is 10.9 Å². The Labute approximate surface area is 166 Å². The number of nitrogens with zero attached hydrogens (tertiary/aromatic N) is 2. The zero-order chi connectivity index (χ0) is 18.8. The molecule has 1 aliphatic rings. The van der Waals surface area contributed by atoms with Crippen molar-refractivity contribution in [2.45, 2.75) is 28.6 Å². The molecule has 2 aromatic carbocycles. The molecule has 1 aromatic heterocycles. The highest BCUT2D eigenvalue weighted by molar-refractivity contribution is 8.00. The summed E-state index contributed by atoms with van der Waals surface area (Å²) in [5, 5.41) is 0.916. The van der Waals surface area contributed by atoms with Crippen molar-refractivity contribution in [2.24, 2.45) is 0 Å². The van der Waals surface area contributed by atoms with Crippen molar-refractivity contribution in [3.05, 3.63) is 82.3 Å². The lowest BCUT2D eigenvalue weighted by molar-refractivity contribution is 0.102. The van der Waals surface area contributed by atoms with E-state index in [4.69, 9.17) is 4.98 Å². The average Bonchev–Trinajstić information content (AvgIpc) is 3.08. The minimum Gasteiger partial charge on any atom is -0.293 e. The van der Waals surface area contributed by atoms with E-state index < -0.39 is 0 Å². The number of carbonyl (C=O) groups is 1. The summed E-state index contributed by atoms with van der Waals surface area (Å²) in [6, 6.07) is 18.7. The maximum atomic E-state index is 13.1. The predicted molar refractivity (Wildman–Crippen MR) is 110 cm³/mol. The monoisotopic (exact) mass is 394 g/mol. The maximum absolute atomic E-state index is 13.1. The van der Waals surface area contributed by atoms with Crippen LogP contribution in [0.4, 0.5) is 0 Å². The molecule has 0 saturated heterocycles. The van der Waals surface area contributed by atoms with Crippen LogP contribution in [0.5, 0.6) is 0 Å². The third-order valence-electron chi connectivity index (χ3n) is 4.32. The van der Waals surface area contributed by atoms with E-state index >= 15 is 0 Å². The molecule has 1 aliphatic heterocycles. The SMILES string of the molecule is CC1Cc2nc(SCC(=O)c3ccccc3)n(-c3ccccc3)c(=O)c2S1. The van der Waals surface area contributed by atoms with Crippen LogP contribution in [0.3, 0.4) is 0 Å². The lowest BCUT2D eigenvalue weighted by Crippen LogP contribution is -2.24. The fourth-order valence-electron chi connectivity index (χ4n) is 3.04. The molecule has 0 aliphatic carbocycles. The van der Waals surface area contributed by atoms with Gasteiger partial charge >= 0.3 is 0 Å². The van der Waals surface area contributed by atoms with Crippen LogP contribution >= 0.6 is 23.5 Å². The van der Waals surface area contributed by atoms with Crippen molar-refractivity contribution < 1.29 is 4.79 Å². The number of hydrogen-bond donors (Lipinski definition) is 0. The second kappa shape index (κ2) is 7.74. The molecule has 6 heteroatoms. The molecule has 0 radical (unpaired) electrons. The van der Waals surface area contributed by atoms with E-state index in [1.165, 1.54) is 11.8 Å². The number of carbonyl (C=O) groups excluding carboxylic acids is 1. The topological polar surface area (TPSA) is 52.0 Å². The zero-order valence-corrected chi connectivity index (χ0v) is 16.4. The van der Waals surface area contributed by atoms with Gasteiger partial charge in [-0.15, -0.1) is 11.8 Å². The molecule has 136 valence electrons. The maximum Gasteiger partial charge on any atom is 0.272 e. The molecule has 4 nitrogen and oxygen atoms in total. The number of Topliss-reactive ketones (excluding diaryl/α,β-unsaturated/α-hetero) is 1. The van der Waals surface area contributed by atoms with E-state index in [0.29, 0.717) is 16.0 Å². The fraction of sp³-hybridized carbons (Fsp3) is 0.190. The average molecular weight is 395 g/mol. The van der Waals surface area contributed by atoms with Gasteiger partial charge in [0.2, 0.25) is 0 Å². The van der Waals surface area contributed by atoms with Crippen LogP contribution in [-0.2, 0) is 6.42 Å². The summed E-state index contributed by atoms with van der Waals surface area (Å²) in [7, 11) is 0. The van der Waals surface area contributed by atoms with Gasteiger partial charge in [0.05, 0.1) is 22.0 Å². The molecule has 0 spiro atoms. The summed E-state index contributed by atoms with van der Waals surface area (Å²) in [5.41, 5.74) is 2.24. The fourth-order valence-corrected chi connectivity index (χ4v) is 5.06. The van der Waals surface area contributed by atoms with Crippen LogP contribution in [0.2, 0.25) is 0 Å². The Bertz CT molecular complexity index is 1030. The van der Waals surface area contributed by atoms with Gasteiger partial charge in [0, 0.05) is 17.2 Å². The third-order valence-corrected chi connectivity index (χ3v) is 6.48. The van der Waals surface area contributed by atoms with E-state index in [-0.39, 0.29) is 17.1 Å². The van der Waals surface area contributed by atoms with Gasteiger partial charge in [-0.2, -0.15) is 0 Å². The number of aromatic nitrogens is 2. The first-order chi connectivity index (χ1) is 13.1. The van der Waals surface area contributed by atoms with Crippen molar-refractivity contribution in [1.29, 1.82) is 0 Å². The van der Waals surface area contributed by atoms with Crippen LogP contribution in [0.25, 0.3) is 5.69 Å². The van der Waals surface area contributed by atoms with Gasteiger partial charge < -0.3 is 0 Å². The molecular weight excluding hydrogens is 376 g/mol. The molecular formula is C21H18N2O2S2. The molecule has 2 heterocycles. The molecule has 3 aromatic rings. The zero-order valence-electron chi connectivity index (χ0n) is 14.8. The van der Waals surface area contributed by atoms with E-state index in [1.54, 1.807) is 16.3 Å². The van der Waals surface area contributed by atoms with Crippen LogP contribution < -0.4 is 5.56 Å². The number of thioether (sulfide) groups is 2. The van der Waals surface area contributed by atoms with Crippen molar-refractivity contribution in [1.82, 2.24) is 9.55 Å². The highest BCUT2D eigenvalue weighted by atomic mass is 32.2. The Balaban J connectivity index is 1.71. The summed E-state index contributed by atoms with van der Waals surface area (Å²) in [6.07, 6.45) is 0.783. The van der Waals surface area contributed by atoms with Gasteiger partial charge in [-0.3, -0.25) is 14.2 Å². The number of benzene rings is 2. The molecule has 27 heavy (non-hydrogen) atoms. The molecule has 0 N–H and O–H groups in total. The summed E-state index contributed by atoms with van der Waals surface area (Å²) in [6.45, 7) is 2.10. The van der Waals surface area contributed by atoms with Crippen molar-refractivity contribution in [2.75, 3.05) is 5.75 Å². The minimum atomic E-state index is -0.0461. The second-order valence-corrected chi connectivity index (χ2v) is 8.75. The first-order valence-electron chi connectivity index (χ1n) is 8.72. The lowest BCUT2D eigenvalue weighted by Gasteiger charge is -2.13. The number of fused-ring (bicyclic) bond motifs is 1. The van der Waals surface area contributed by atoms with Crippen molar-refractivity contribution in [3.8, 4) is 5.69 Å². The largest absolute Gasteiger partial charge is 0.293 e. The molecule has 4 rings (SSSR count). The summed E-state index contributed by atoms with van der Waals surface area (Å²) in [5.74, 6) is 0.266. The molecule has 0 fully saturated rings. The standard InChI is InChI=1S/C21H18N2O2S2/c1-14-12-17-19(27-14)20(25)23(16-10-6-3-7-11-16)21(22-17)26-13-18(24)15-8-4-2-5-9-15/h2-11,14H,12-13H2,1H3. The van der Waals surface area contributed by atoms with Gasteiger partial charge in [-0.25, -0.2) is 4.98 Å². The van der Waals surface area contributed by atoms with Gasteiger partial charge in [-0.05, 0) is 12.1 Å². The molecule has 0 saturated carbocycles. The molecule has 1 unspecified atom stereocenters. The van der Waals surface area contributed by atoms with E-state index in [2.05, 4.69) is 6.92 Å². The van der Waals surface area contributed by atoms with Crippen LogP contribution in [0.1, 0.15) is 23.0 Å². The Morgan fingerprint density at radius 1 is 1.15 bits per heavy atom. The van der Waals surface area contributed by atoms with Crippen molar-refractivity contribution in [3.63, 3.8) is 0 Å². The van der Waals surface area contributed by atoms with E-state index in [0.717, 1.165) is 22.7 Å². The smallest absolute Gasteiger partial charge is 0.272 e. The molecule has 0 bridgehead atoms. The number of ketones is 1. The third kappa shape index (κ3) is 3.73. The Hall–Kier alpha value is -2.31. The predicted octanol–water partition coefficient (Wildman–Crippen LogP) is 4.24. The highest BCUT2D eigenvalue weighted by Crippen LogP contribution is 2.34. The lowest BCUT2D eigenvalue weighted by atomic mass is 10.2. The summed E-state index contributed by atoms with van der Waals surface area (Å²) < 4.78 is 1.63. The van der Waals surface area contributed by atoms with Crippen LogP contribution in [0.15, 0.2) is 75.5 Å². The quantitative estimate of drug-likeness (QED) is 0.368. The minimum absolute atomic E-state index is 0.0257. The van der Waals surface area contributed by atoms with Gasteiger partial charge in [-0.1, -0.05) is 67.2 Å². The first kappa shape index (κ1) is 18.1. The number of para-hydroxylation sites is 1. The van der Waals surface area contributed by atoms with E-state index in [1.807, 2.05) is 60.7 Å². The first-order valence-corrected chi connectivity index (χ1v) is 10.6. The van der Waals surface area contributed by atoms with Crippen LogP contribution in [0, 0.1) is 0 Å². The van der Waals surface area contributed by atoms with E-state index in [9.17, 15) is 9.59 Å². The van der Waals surface area contributed by atoms with Crippen molar-refractivity contribution >= 4 is 29.3 Å². The number of rotatable bonds is 5. The Morgan fingerprint density at radius 2 is 1.81 bits per heavy atom. The Morgan fingerprint density at radius 3 is 2.52 bits per heavy atom. The second-order valence-electron chi connectivity index (χ2n) is 6.36.